The van der Waals surface area contributed by atoms with Crippen LogP contribution in [0.25, 0.3) is 0 Å². The number of hydrogen-bond acceptors (Lipinski definition) is 4. The first-order valence-electron chi connectivity index (χ1n) is 14.5. The molecule has 1 aliphatic heterocycles. The maximum absolute atomic E-state index is 13.9. The largest absolute Gasteiger partial charge is 0.349 e. The molecule has 6 nitrogen and oxygen atoms in total. The summed E-state index contributed by atoms with van der Waals surface area (Å²) in [4.78, 5) is 13.7. The van der Waals surface area contributed by atoms with Gasteiger partial charge in [-0.1, -0.05) is 67.9 Å². The van der Waals surface area contributed by atoms with Gasteiger partial charge in [0.15, 0.2) is 0 Å². The van der Waals surface area contributed by atoms with Crippen molar-refractivity contribution in [2.75, 3.05) is 10.8 Å². The van der Waals surface area contributed by atoms with Crippen molar-refractivity contribution < 1.29 is 13.2 Å². The average Bonchev–Trinajstić information content (AvgIpc) is 2.93. The maximum atomic E-state index is 13.9. The molecule has 3 aromatic rings. The molecule has 2 aliphatic rings. The van der Waals surface area contributed by atoms with Crippen LogP contribution in [0.5, 0.6) is 0 Å². The lowest BCUT2D eigenvalue weighted by Crippen LogP contribution is -2.46. The van der Waals surface area contributed by atoms with Crippen LogP contribution < -0.4 is 14.9 Å². The molecule has 1 amide bonds. The van der Waals surface area contributed by atoms with Crippen molar-refractivity contribution in [3.63, 3.8) is 0 Å². The van der Waals surface area contributed by atoms with E-state index in [2.05, 4.69) is 42.7 Å². The number of hydrogen-bond donors (Lipinski definition) is 2. The Hall–Kier alpha value is -3.16. The molecule has 1 aliphatic carbocycles. The van der Waals surface area contributed by atoms with Crippen LogP contribution in [-0.2, 0) is 34.2 Å². The number of para-hydroxylation sites is 1. The highest BCUT2D eigenvalue weighted by molar-refractivity contribution is 7.92. The van der Waals surface area contributed by atoms with E-state index in [4.69, 9.17) is 0 Å². The molecule has 2 N–H and O–H groups in total. The summed E-state index contributed by atoms with van der Waals surface area (Å²) in [6.07, 6.45) is 4.40. The lowest BCUT2D eigenvalue weighted by molar-refractivity contribution is -0.122. The molecule has 0 bridgehead atoms. The van der Waals surface area contributed by atoms with Crippen molar-refractivity contribution in [2.24, 2.45) is 5.92 Å². The second kappa shape index (κ2) is 12.1. The van der Waals surface area contributed by atoms with E-state index in [0.29, 0.717) is 18.0 Å². The van der Waals surface area contributed by atoms with Crippen LogP contribution >= 0.6 is 0 Å². The first-order valence-corrected chi connectivity index (χ1v) is 16.0. The van der Waals surface area contributed by atoms with Crippen molar-refractivity contribution >= 4 is 21.6 Å². The van der Waals surface area contributed by atoms with Gasteiger partial charge in [-0.05, 0) is 91.9 Å². The van der Waals surface area contributed by atoms with Gasteiger partial charge in [-0.15, -0.1) is 0 Å². The Morgan fingerprint density at radius 3 is 2.52 bits per heavy atom. The minimum atomic E-state index is -3.84. The Morgan fingerprint density at radius 2 is 1.75 bits per heavy atom. The number of carbonyl (C=O) groups excluding carboxylic acids is 1. The number of rotatable bonds is 9. The SMILES string of the molecule is Cc1ccc(S(=O)(=O)N2c3ccccc3CCC2CC(=O)N[C@@H]2CCCc3cc(CNCC(C)C)ccc32)cc1. The second-order valence-electron chi connectivity index (χ2n) is 11.7. The fourth-order valence-corrected chi connectivity index (χ4v) is 7.72. The van der Waals surface area contributed by atoms with Crippen LogP contribution in [0.3, 0.4) is 0 Å². The Bertz CT molecular complexity index is 1450. The first kappa shape index (κ1) is 28.4. The monoisotopic (exact) mass is 559 g/mol. The third-order valence-corrected chi connectivity index (χ3v) is 9.93. The molecule has 0 fully saturated rings. The lowest BCUT2D eigenvalue weighted by atomic mass is 9.86. The summed E-state index contributed by atoms with van der Waals surface area (Å²) < 4.78 is 29.4. The zero-order valence-corrected chi connectivity index (χ0v) is 24.6. The van der Waals surface area contributed by atoms with Crippen LogP contribution in [0.4, 0.5) is 5.69 Å². The van der Waals surface area contributed by atoms with Crippen molar-refractivity contribution in [3.8, 4) is 0 Å². The fraction of sp³-hybridized carbons (Fsp3) is 0.424. The van der Waals surface area contributed by atoms with Gasteiger partial charge in [0, 0.05) is 13.0 Å². The van der Waals surface area contributed by atoms with Gasteiger partial charge in [0.2, 0.25) is 5.91 Å². The molecule has 0 saturated carbocycles. The summed E-state index contributed by atoms with van der Waals surface area (Å²) in [7, 11) is -3.84. The molecular formula is C33H41N3O3S. The fourth-order valence-electron chi connectivity index (χ4n) is 6.01. The van der Waals surface area contributed by atoms with Gasteiger partial charge >= 0.3 is 0 Å². The molecule has 2 atom stereocenters. The van der Waals surface area contributed by atoms with Crippen molar-refractivity contribution in [1.82, 2.24) is 10.6 Å². The molecule has 5 rings (SSSR count). The third-order valence-electron chi connectivity index (χ3n) is 8.05. The summed E-state index contributed by atoms with van der Waals surface area (Å²) in [6, 6.07) is 20.7. The van der Waals surface area contributed by atoms with Crippen LogP contribution in [0.2, 0.25) is 0 Å². The van der Waals surface area contributed by atoms with E-state index in [9.17, 15) is 13.2 Å². The van der Waals surface area contributed by atoms with Crippen molar-refractivity contribution in [2.45, 2.75) is 82.8 Å². The molecule has 0 spiro atoms. The van der Waals surface area contributed by atoms with Gasteiger partial charge in [0.05, 0.1) is 22.7 Å². The molecule has 1 heterocycles. The van der Waals surface area contributed by atoms with E-state index in [1.807, 2.05) is 43.3 Å². The summed E-state index contributed by atoms with van der Waals surface area (Å²) in [5, 5.41) is 6.78. The lowest BCUT2D eigenvalue weighted by Gasteiger charge is -2.38. The summed E-state index contributed by atoms with van der Waals surface area (Å²) in [5.41, 5.74) is 6.43. The van der Waals surface area contributed by atoms with Gasteiger partial charge in [0.1, 0.15) is 0 Å². The normalized spacial score (nSPS) is 18.8. The number of carbonyl (C=O) groups is 1. The molecule has 1 unspecified atom stereocenters. The summed E-state index contributed by atoms with van der Waals surface area (Å²) in [5.74, 6) is 0.506. The Labute approximate surface area is 239 Å². The molecule has 7 heteroatoms. The molecule has 0 radical (unpaired) electrons. The Morgan fingerprint density at radius 1 is 0.975 bits per heavy atom. The zero-order chi connectivity index (χ0) is 28.3. The molecule has 0 saturated heterocycles. The molecule has 0 aromatic heterocycles. The minimum Gasteiger partial charge on any atom is -0.349 e. The topological polar surface area (TPSA) is 78.5 Å². The van der Waals surface area contributed by atoms with E-state index in [1.54, 1.807) is 12.1 Å². The second-order valence-corrected chi connectivity index (χ2v) is 13.5. The highest BCUT2D eigenvalue weighted by Gasteiger charge is 2.37. The molecule has 40 heavy (non-hydrogen) atoms. The van der Waals surface area contributed by atoms with E-state index < -0.39 is 16.1 Å². The Kier molecular flexibility index (Phi) is 8.62. The zero-order valence-electron chi connectivity index (χ0n) is 23.8. The van der Waals surface area contributed by atoms with Gasteiger partial charge < -0.3 is 10.6 Å². The van der Waals surface area contributed by atoms with Crippen molar-refractivity contribution in [3.05, 3.63) is 94.5 Å². The third kappa shape index (κ3) is 6.26. The predicted octanol–water partition coefficient (Wildman–Crippen LogP) is 5.83. The summed E-state index contributed by atoms with van der Waals surface area (Å²) >= 11 is 0. The van der Waals surface area contributed by atoms with Gasteiger partial charge in [0.25, 0.3) is 10.0 Å². The first-order chi connectivity index (χ1) is 19.2. The standard InChI is InChI=1S/C33H41N3O3S/c1-23(2)21-34-22-25-13-18-30-27(19-25)8-6-9-31(30)35-33(37)20-28-15-14-26-7-4-5-10-32(26)36(28)40(38,39)29-16-11-24(3)12-17-29/h4-5,7,10-13,16-19,23,28,31,34H,6,8-9,14-15,20-22H2,1-3H3,(H,35,37)/t28?,31-/m1/s1. The smallest absolute Gasteiger partial charge is 0.264 e. The number of anilines is 1. The number of amides is 1. The summed E-state index contributed by atoms with van der Waals surface area (Å²) in [6.45, 7) is 8.18. The highest BCUT2D eigenvalue weighted by Crippen LogP contribution is 2.37. The van der Waals surface area contributed by atoms with Gasteiger partial charge in [-0.25, -0.2) is 8.42 Å². The number of nitrogens with zero attached hydrogens (tertiary/aromatic N) is 1. The van der Waals surface area contributed by atoms with Crippen LogP contribution in [0.15, 0.2) is 71.6 Å². The molecule has 212 valence electrons. The number of fused-ring (bicyclic) bond motifs is 2. The van der Waals surface area contributed by atoms with Crippen LogP contribution in [0.1, 0.15) is 73.4 Å². The van der Waals surface area contributed by atoms with Crippen LogP contribution in [0, 0.1) is 12.8 Å². The predicted molar refractivity (Wildman–Crippen MR) is 161 cm³/mol. The molecule has 3 aromatic carbocycles. The van der Waals surface area contributed by atoms with Crippen molar-refractivity contribution in [1.29, 1.82) is 0 Å². The van der Waals surface area contributed by atoms with E-state index in [1.165, 1.54) is 21.0 Å². The average molecular weight is 560 g/mol. The quantitative estimate of drug-likeness (QED) is 0.346. The van der Waals surface area contributed by atoms with E-state index >= 15 is 0 Å². The number of benzene rings is 3. The number of aryl methyl sites for hydroxylation is 3. The van der Waals surface area contributed by atoms with E-state index in [-0.39, 0.29) is 23.3 Å². The van der Waals surface area contributed by atoms with Gasteiger partial charge in [-0.3, -0.25) is 9.10 Å². The highest BCUT2D eigenvalue weighted by atomic mass is 32.2. The number of nitrogens with one attached hydrogen (secondary N) is 2. The number of sulfonamides is 1. The Balaban J connectivity index is 1.33. The van der Waals surface area contributed by atoms with E-state index in [0.717, 1.165) is 49.9 Å². The van der Waals surface area contributed by atoms with Gasteiger partial charge in [-0.2, -0.15) is 0 Å². The maximum Gasteiger partial charge on any atom is 0.264 e. The van der Waals surface area contributed by atoms with Crippen LogP contribution in [-0.4, -0.2) is 26.9 Å². The minimum absolute atomic E-state index is 0.0491. The molecular weight excluding hydrogens is 518 g/mol.